The van der Waals surface area contributed by atoms with E-state index in [2.05, 4.69) is 17.2 Å². The van der Waals surface area contributed by atoms with E-state index < -0.39 is 29.3 Å². The Kier molecular flexibility index (Phi) is 9.70. The predicted molar refractivity (Wildman–Crippen MR) is 133 cm³/mol. The van der Waals surface area contributed by atoms with Crippen molar-refractivity contribution >= 4 is 24.0 Å². The molecule has 0 spiro atoms. The molecule has 3 atom stereocenters. The molecule has 3 amide bonds. The third-order valence-electron chi connectivity index (χ3n) is 4.91. The lowest BCUT2D eigenvalue weighted by Crippen LogP contribution is -2.56. The summed E-state index contributed by atoms with van der Waals surface area (Å²) in [6.07, 6.45) is 1.65. The van der Waals surface area contributed by atoms with Crippen LogP contribution in [0.15, 0.2) is 30.8 Å². The normalized spacial score (nSPS) is 14.5. The largest absolute Gasteiger partial charge is 0.444 e. The molecule has 0 aliphatic rings. The molecule has 7 nitrogen and oxygen atoms in total. The third-order valence-corrected chi connectivity index (χ3v) is 4.91. The van der Waals surface area contributed by atoms with Gasteiger partial charge in [-0.1, -0.05) is 37.8 Å². The molecule has 0 heterocycles. The van der Waals surface area contributed by atoms with Gasteiger partial charge in [0.25, 0.3) is 0 Å². The average molecular weight is 460 g/mol. The van der Waals surface area contributed by atoms with Crippen LogP contribution in [0.25, 0.3) is 6.08 Å². The van der Waals surface area contributed by atoms with Crippen LogP contribution in [0.3, 0.4) is 0 Å². The molecule has 0 fully saturated rings. The van der Waals surface area contributed by atoms with Gasteiger partial charge in [0, 0.05) is 11.6 Å². The van der Waals surface area contributed by atoms with Crippen LogP contribution in [0, 0.1) is 0 Å². The van der Waals surface area contributed by atoms with Gasteiger partial charge < -0.3 is 20.3 Å². The van der Waals surface area contributed by atoms with E-state index >= 15 is 0 Å². The number of carbonyl (C=O) groups excluding carboxylic acids is 3. The maximum Gasteiger partial charge on any atom is 0.408 e. The molecule has 0 aromatic heterocycles. The Labute approximate surface area is 198 Å². The van der Waals surface area contributed by atoms with Crippen molar-refractivity contribution in [3.8, 4) is 0 Å². The van der Waals surface area contributed by atoms with Crippen LogP contribution in [-0.4, -0.2) is 46.0 Å². The van der Waals surface area contributed by atoms with Crippen molar-refractivity contribution in [1.82, 2.24) is 15.5 Å². The molecule has 0 aliphatic heterocycles. The zero-order valence-corrected chi connectivity index (χ0v) is 21.6. The van der Waals surface area contributed by atoms with Crippen LogP contribution in [0.4, 0.5) is 4.79 Å². The molecule has 7 heteroatoms. The van der Waals surface area contributed by atoms with Crippen LogP contribution in [-0.2, 0) is 14.3 Å². The molecule has 184 valence electrons. The summed E-state index contributed by atoms with van der Waals surface area (Å²) in [5.41, 5.74) is 0.337. The van der Waals surface area contributed by atoms with Gasteiger partial charge in [-0.3, -0.25) is 9.59 Å². The Morgan fingerprint density at radius 1 is 1.12 bits per heavy atom. The number of amides is 3. The zero-order valence-electron chi connectivity index (χ0n) is 21.6. The molecule has 0 aliphatic carbocycles. The number of carbonyl (C=O) groups is 3. The second kappa shape index (κ2) is 11.3. The zero-order chi connectivity index (χ0) is 25.6. The number of hydrogen-bond acceptors (Lipinski definition) is 4. The Balaban J connectivity index is 3.44. The summed E-state index contributed by atoms with van der Waals surface area (Å²) in [5.74, 6) is -0.657. The average Bonchev–Trinajstić information content (AvgIpc) is 2.67. The first-order valence-electron chi connectivity index (χ1n) is 11.5. The lowest BCUT2D eigenvalue weighted by atomic mass is 9.97. The van der Waals surface area contributed by atoms with Gasteiger partial charge in [0.1, 0.15) is 17.7 Å². The lowest BCUT2D eigenvalue weighted by Gasteiger charge is -2.38. The monoisotopic (exact) mass is 459 g/mol. The maximum atomic E-state index is 13.6. The summed E-state index contributed by atoms with van der Waals surface area (Å²) < 4.78 is 5.30. The van der Waals surface area contributed by atoms with E-state index in [0.717, 1.165) is 5.56 Å². The number of benzene rings is 1. The molecule has 0 bridgehead atoms. The highest BCUT2D eigenvalue weighted by Crippen LogP contribution is 2.28. The topological polar surface area (TPSA) is 87.7 Å². The van der Waals surface area contributed by atoms with Crippen LogP contribution < -0.4 is 10.6 Å². The third kappa shape index (κ3) is 8.91. The highest BCUT2D eigenvalue weighted by Gasteiger charge is 2.38. The van der Waals surface area contributed by atoms with Gasteiger partial charge in [-0.15, -0.1) is 0 Å². The molecular weight excluding hydrogens is 418 g/mol. The van der Waals surface area contributed by atoms with E-state index in [9.17, 15) is 14.4 Å². The van der Waals surface area contributed by atoms with Crippen LogP contribution in [0.2, 0.25) is 0 Å². The number of nitrogens with zero attached hydrogens (tertiary/aromatic N) is 1. The molecule has 0 saturated heterocycles. The minimum absolute atomic E-state index is 0.261. The first kappa shape index (κ1) is 28.2. The van der Waals surface area contributed by atoms with Crippen molar-refractivity contribution < 1.29 is 19.1 Å². The number of alkyl carbamates (subject to hydrolysis) is 1. The maximum absolute atomic E-state index is 13.6. The van der Waals surface area contributed by atoms with Gasteiger partial charge in [0.05, 0.1) is 0 Å². The minimum atomic E-state index is -0.888. The first-order chi connectivity index (χ1) is 15.1. The van der Waals surface area contributed by atoms with Crippen molar-refractivity contribution in [3.05, 3.63) is 42.0 Å². The quantitative estimate of drug-likeness (QED) is 0.583. The number of ether oxygens (including phenoxy) is 1. The summed E-state index contributed by atoms with van der Waals surface area (Å²) in [4.78, 5) is 41.0. The molecular formula is C26H41N3O4. The van der Waals surface area contributed by atoms with E-state index in [-0.39, 0.29) is 17.9 Å². The summed E-state index contributed by atoms with van der Waals surface area (Å²) in [5, 5.41) is 5.62. The Bertz CT molecular complexity index is 852. The van der Waals surface area contributed by atoms with Crippen molar-refractivity contribution in [2.24, 2.45) is 0 Å². The molecule has 0 radical (unpaired) electrons. The predicted octanol–water partition coefficient (Wildman–Crippen LogP) is 4.83. The first-order valence-corrected chi connectivity index (χ1v) is 11.5. The van der Waals surface area contributed by atoms with Crippen LogP contribution in [0.5, 0.6) is 0 Å². The van der Waals surface area contributed by atoms with Crippen molar-refractivity contribution in [1.29, 1.82) is 0 Å². The van der Waals surface area contributed by atoms with Crippen LogP contribution >= 0.6 is 0 Å². The Morgan fingerprint density at radius 2 is 1.73 bits per heavy atom. The van der Waals surface area contributed by atoms with E-state index in [4.69, 9.17) is 4.74 Å². The van der Waals surface area contributed by atoms with Crippen molar-refractivity contribution in [2.75, 3.05) is 0 Å². The van der Waals surface area contributed by atoms with Gasteiger partial charge >= 0.3 is 6.09 Å². The smallest absolute Gasteiger partial charge is 0.408 e. The molecule has 1 aromatic carbocycles. The van der Waals surface area contributed by atoms with E-state index in [1.165, 1.54) is 0 Å². The van der Waals surface area contributed by atoms with Crippen molar-refractivity contribution in [2.45, 2.75) is 98.0 Å². The molecule has 1 rings (SSSR count). The van der Waals surface area contributed by atoms with Gasteiger partial charge in [0.15, 0.2) is 0 Å². The fraction of sp³-hybridized carbons (Fsp3) is 0.577. The van der Waals surface area contributed by atoms with E-state index in [0.29, 0.717) is 12.0 Å². The Hall–Kier alpha value is -2.83. The van der Waals surface area contributed by atoms with Gasteiger partial charge in [-0.25, -0.2) is 4.79 Å². The summed E-state index contributed by atoms with van der Waals surface area (Å²) >= 11 is 0. The van der Waals surface area contributed by atoms with Gasteiger partial charge in [-0.05, 0) is 79.0 Å². The SMILES string of the molecule is C=Cc1cccc(C(C(=O)NC(C)(C)C)N(C(=O)C(C)NC(=O)OC(C)(C)C)C(C)CC)c1. The van der Waals surface area contributed by atoms with Gasteiger partial charge in [-0.2, -0.15) is 0 Å². The summed E-state index contributed by atoms with van der Waals surface area (Å²) in [6.45, 7) is 20.2. The van der Waals surface area contributed by atoms with E-state index in [1.54, 1.807) is 38.7 Å². The fourth-order valence-corrected chi connectivity index (χ4v) is 3.30. The second-order valence-corrected chi connectivity index (χ2v) is 10.4. The number of nitrogens with one attached hydrogen (secondary N) is 2. The van der Waals surface area contributed by atoms with E-state index in [1.807, 2.05) is 58.9 Å². The lowest BCUT2D eigenvalue weighted by molar-refractivity contribution is -0.145. The summed E-state index contributed by atoms with van der Waals surface area (Å²) in [6, 6.07) is 5.38. The minimum Gasteiger partial charge on any atom is -0.444 e. The second-order valence-electron chi connectivity index (χ2n) is 10.4. The van der Waals surface area contributed by atoms with Crippen molar-refractivity contribution in [3.63, 3.8) is 0 Å². The highest BCUT2D eigenvalue weighted by molar-refractivity contribution is 5.92. The van der Waals surface area contributed by atoms with Crippen LogP contribution in [0.1, 0.15) is 85.9 Å². The molecule has 33 heavy (non-hydrogen) atoms. The molecule has 3 unspecified atom stereocenters. The van der Waals surface area contributed by atoms with Gasteiger partial charge in [0.2, 0.25) is 11.8 Å². The standard InChI is InChI=1S/C26H41N3O4/c1-11-17(3)29(23(31)18(4)27-24(32)33-26(8,9)10)21(22(30)28-25(5,6)7)20-15-13-14-19(12-2)16-20/h12-18,21H,2,11H2,1,3-10H3,(H,27,32)(H,28,30). The fourth-order valence-electron chi connectivity index (χ4n) is 3.30. The number of rotatable bonds is 8. The molecule has 0 saturated carbocycles. The number of hydrogen-bond donors (Lipinski definition) is 2. The Morgan fingerprint density at radius 3 is 2.21 bits per heavy atom. The summed E-state index contributed by atoms with van der Waals surface area (Å²) in [7, 11) is 0. The molecule has 2 N–H and O–H groups in total. The molecule has 1 aromatic rings. The highest BCUT2D eigenvalue weighted by atomic mass is 16.6.